The fraction of sp³-hybridized carbons (Fsp3) is 0.545. The Morgan fingerprint density at radius 1 is 1.61 bits per heavy atom. The molecule has 1 aromatic heterocycles. The van der Waals surface area contributed by atoms with E-state index in [0.29, 0.717) is 19.0 Å². The molecular formula is C11H16BrClN2OS2. The van der Waals surface area contributed by atoms with Gasteiger partial charge in [0.25, 0.3) is 0 Å². The van der Waals surface area contributed by atoms with E-state index >= 15 is 0 Å². The maximum atomic E-state index is 11.7. The van der Waals surface area contributed by atoms with Crippen LogP contribution in [0.2, 0.25) is 0 Å². The minimum absolute atomic E-state index is 0. The first-order valence-electron chi connectivity index (χ1n) is 5.55. The van der Waals surface area contributed by atoms with E-state index in [1.54, 1.807) is 11.3 Å². The normalized spacial score (nSPS) is 19.1. The van der Waals surface area contributed by atoms with Crippen molar-refractivity contribution in [3.63, 3.8) is 0 Å². The van der Waals surface area contributed by atoms with Crippen LogP contribution in [-0.4, -0.2) is 30.0 Å². The summed E-state index contributed by atoms with van der Waals surface area (Å²) in [7, 11) is 0. The number of amides is 1. The Morgan fingerprint density at radius 2 is 2.44 bits per heavy atom. The molecule has 0 aromatic carbocycles. The van der Waals surface area contributed by atoms with Gasteiger partial charge >= 0.3 is 0 Å². The van der Waals surface area contributed by atoms with Crippen LogP contribution in [0.15, 0.2) is 15.9 Å². The van der Waals surface area contributed by atoms with Gasteiger partial charge in [0.05, 0.1) is 6.54 Å². The van der Waals surface area contributed by atoms with E-state index in [-0.39, 0.29) is 18.3 Å². The molecule has 7 heteroatoms. The summed E-state index contributed by atoms with van der Waals surface area (Å²) >= 11 is 6.98. The van der Waals surface area contributed by atoms with Gasteiger partial charge in [0.15, 0.2) is 0 Å². The summed E-state index contributed by atoms with van der Waals surface area (Å²) in [5, 5.41) is 8.36. The second kappa shape index (κ2) is 8.43. The van der Waals surface area contributed by atoms with Gasteiger partial charge in [-0.3, -0.25) is 4.79 Å². The molecule has 1 aliphatic rings. The van der Waals surface area contributed by atoms with Gasteiger partial charge in [-0.15, -0.1) is 23.7 Å². The SMILES string of the molecule is Cl.O=C(CC1CSCCN1)NCc1cc(Br)cs1. The highest BCUT2D eigenvalue weighted by atomic mass is 79.9. The van der Waals surface area contributed by atoms with Crippen LogP contribution in [0, 0.1) is 0 Å². The monoisotopic (exact) mass is 370 g/mol. The number of nitrogens with one attached hydrogen (secondary N) is 2. The predicted octanol–water partition coefficient (Wildman–Crippen LogP) is 2.64. The molecule has 1 aliphatic heterocycles. The Labute approximate surface area is 130 Å². The molecule has 1 unspecified atom stereocenters. The number of thiophene rings is 1. The van der Waals surface area contributed by atoms with Gasteiger partial charge in [-0.2, -0.15) is 11.8 Å². The fourth-order valence-corrected chi connectivity index (χ4v) is 4.02. The molecule has 0 spiro atoms. The van der Waals surface area contributed by atoms with Gasteiger partial charge in [-0.25, -0.2) is 0 Å². The van der Waals surface area contributed by atoms with E-state index in [9.17, 15) is 4.79 Å². The van der Waals surface area contributed by atoms with Crippen LogP contribution in [0.1, 0.15) is 11.3 Å². The topological polar surface area (TPSA) is 41.1 Å². The molecule has 2 N–H and O–H groups in total. The van der Waals surface area contributed by atoms with Gasteiger partial charge in [-0.1, -0.05) is 0 Å². The molecule has 102 valence electrons. The highest BCUT2D eigenvalue weighted by Gasteiger charge is 2.16. The third kappa shape index (κ3) is 5.48. The van der Waals surface area contributed by atoms with E-state index in [1.165, 1.54) is 4.88 Å². The standard InChI is InChI=1S/C11H15BrN2OS2.ClH/c12-8-3-10(17-6-8)5-14-11(15)4-9-7-16-2-1-13-9;/h3,6,9,13H,1-2,4-5,7H2,(H,14,15);1H. The number of hydrogen-bond acceptors (Lipinski definition) is 4. The molecule has 1 atom stereocenters. The van der Waals surface area contributed by atoms with Crippen LogP contribution in [0.25, 0.3) is 0 Å². The van der Waals surface area contributed by atoms with Gasteiger partial charge in [0.2, 0.25) is 5.91 Å². The van der Waals surface area contributed by atoms with Crippen molar-refractivity contribution < 1.29 is 4.79 Å². The van der Waals surface area contributed by atoms with Crippen LogP contribution < -0.4 is 10.6 Å². The fourth-order valence-electron chi connectivity index (χ4n) is 1.68. The Hall–Kier alpha value is 0.250. The third-order valence-electron chi connectivity index (χ3n) is 2.51. The van der Waals surface area contributed by atoms with E-state index in [2.05, 4.69) is 26.6 Å². The molecule has 0 aliphatic carbocycles. The van der Waals surface area contributed by atoms with E-state index in [1.807, 2.05) is 23.2 Å². The summed E-state index contributed by atoms with van der Waals surface area (Å²) in [6, 6.07) is 2.38. The third-order valence-corrected chi connectivity index (χ3v) is 5.34. The van der Waals surface area contributed by atoms with Crippen molar-refractivity contribution in [3.8, 4) is 0 Å². The van der Waals surface area contributed by atoms with Gasteiger partial charge in [0.1, 0.15) is 0 Å². The first-order valence-corrected chi connectivity index (χ1v) is 8.37. The molecule has 0 bridgehead atoms. The van der Waals surface area contributed by atoms with Crippen LogP contribution in [0.5, 0.6) is 0 Å². The summed E-state index contributed by atoms with van der Waals surface area (Å²) < 4.78 is 1.08. The van der Waals surface area contributed by atoms with E-state index in [4.69, 9.17) is 0 Å². The van der Waals surface area contributed by atoms with Crippen molar-refractivity contribution in [2.24, 2.45) is 0 Å². The number of halogens is 2. The molecule has 18 heavy (non-hydrogen) atoms. The number of carbonyl (C=O) groups excluding carboxylic acids is 1. The summed E-state index contributed by atoms with van der Waals surface area (Å²) in [6.07, 6.45) is 0.583. The average Bonchev–Trinajstić information content (AvgIpc) is 2.74. The van der Waals surface area contributed by atoms with Crippen molar-refractivity contribution in [1.29, 1.82) is 0 Å². The highest BCUT2D eigenvalue weighted by molar-refractivity contribution is 9.10. The maximum absolute atomic E-state index is 11.7. The Bertz CT molecular complexity index is 383. The molecular weight excluding hydrogens is 356 g/mol. The van der Waals surface area contributed by atoms with Crippen molar-refractivity contribution >= 4 is 57.3 Å². The second-order valence-corrected chi connectivity index (χ2v) is 7.00. The maximum Gasteiger partial charge on any atom is 0.221 e. The second-order valence-electron chi connectivity index (χ2n) is 3.94. The van der Waals surface area contributed by atoms with Crippen molar-refractivity contribution in [2.45, 2.75) is 19.0 Å². The zero-order chi connectivity index (χ0) is 12.1. The lowest BCUT2D eigenvalue weighted by Crippen LogP contribution is -2.41. The zero-order valence-corrected chi connectivity index (χ0v) is 13.8. The first-order chi connectivity index (χ1) is 8.24. The van der Waals surface area contributed by atoms with Gasteiger partial charge < -0.3 is 10.6 Å². The van der Waals surface area contributed by atoms with Crippen LogP contribution in [-0.2, 0) is 11.3 Å². The van der Waals surface area contributed by atoms with Crippen LogP contribution in [0.4, 0.5) is 0 Å². The van der Waals surface area contributed by atoms with Crippen molar-refractivity contribution in [2.75, 3.05) is 18.1 Å². The minimum atomic E-state index is 0. The lowest BCUT2D eigenvalue weighted by Gasteiger charge is -2.22. The molecule has 1 aromatic rings. The molecule has 1 amide bonds. The van der Waals surface area contributed by atoms with E-state index < -0.39 is 0 Å². The molecule has 1 saturated heterocycles. The van der Waals surface area contributed by atoms with Crippen molar-refractivity contribution in [1.82, 2.24) is 10.6 Å². The highest BCUT2D eigenvalue weighted by Crippen LogP contribution is 2.19. The minimum Gasteiger partial charge on any atom is -0.351 e. The number of hydrogen-bond donors (Lipinski definition) is 2. The Kier molecular flexibility index (Phi) is 7.63. The largest absolute Gasteiger partial charge is 0.351 e. The number of rotatable bonds is 4. The lowest BCUT2D eigenvalue weighted by molar-refractivity contribution is -0.121. The van der Waals surface area contributed by atoms with Crippen LogP contribution in [0.3, 0.4) is 0 Å². The van der Waals surface area contributed by atoms with Gasteiger partial charge in [0, 0.05) is 45.2 Å². The molecule has 3 nitrogen and oxygen atoms in total. The molecule has 1 fully saturated rings. The smallest absolute Gasteiger partial charge is 0.221 e. The predicted molar refractivity (Wildman–Crippen MR) is 84.8 cm³/mol. The van der Waals surface area contributed by atoms with Crippen LogP contribution >= 0.6 is 51.4 Å². The molecule has 0 radical (unpaired) electrons. The number of carbonyl (C=O) groups is 1. The zero-order valence-electron chi connectivity index (χ0n) is 9.78. The summed E-state index contributed by atoms with van der Waals surface area (Å²) in [5.41, 5.74) is 0. The summed E-state index contributed by atoms with van der Waals surface area (Å²) in [4.78, 5) is 12.9. The Balaban J connectivity index is 0.00000162. The Morgan fingerprint density at radius 3 is 3.06 bits per heavy atom. The van der Waals surface area contributed by atoms with Crippen molar-refractivity contribution in [3.05, 3.63) is 20.8 Å². The first kappa shape index (κ1) is 16.3. The molecule has 2 heterocycles. The lowest BCUT2D eigenvalue weighted by atomic mass is 10.2. The average molecular weight is 372 g/mol. The van der Waals surface area contributed by atoms with Gasteiger partial charge in [-0.05, 0) is 22.0 Å². The molecule has 2 rings (SSSR count). The quantitative estimate of drug-likeness (QED) is 0.855. The summed E-state index contributed by atoms with van der Waals surface area (Å²) in [6.45, 7) is 1.65. The number of thioether (sulfide) groups is 1. The molecule has 0 saturated carbocycles. The van der Waals surface area contributed by atoms with E-state index in [0.717, 1.165) is 22.5 Å². The summed E-state index contributed by atoms with van der Waals surface area (Å²) in [5.74, 6) is 2.33.